The molecular weight excluding hydrogens is 302 g/mol. The van der Waals surface area contributed by atoms with Crippen LogP contribution in [0.1, 0.15) is 41.5 Å². The Morgan fingerprint density at radius 3 is 3.00 bits per heavy atom. The van der Waals surface area contributed by atoms with Gasteiger partial charge in [-0.25, -0.2) is 0 Å². The molecule has 1 aromatic carbocycles. The first kappa shape index (κ1) is 15.0. The molecule has 0 aliphatic carbocycles. The van der Waals surface area contributed by atoms with Crippen LogP contribution < -0.4 is 5.32 Å². The number of rotatable bonds is 5. The molecule has 4 heteroatoms. The first-order valence-corrected chi connectivity index (χ1v) is 8.72. The number of ether oxygens (including phenoxy) is 1. The third kappa shape index (κ3) is 3.16. The van der Waals surface area contributed by atoms with Crippen molar-refractivity contribution in [1.82, 2.24) is 5.32 Å². The molecule has 0 spiro atoms. The van der Waals surface area contributed by atoms with Gasteiger partial charge in [-0.05, 0) is 42.0 Å². The van der Waals surface area contributed by atoms with Gasteiger partial charge >= 0.3 is 0 Å². The molecule has 1 N–H and O–H groups in total. The lowest BCUT2D eigenvalue weighted by molar-refractivity contribution is 0.0156. The van der Waals surface area contributed by atoms with E-state index in [1.807, 2.05) is 11.4 Å². The van der Waals surface area contributed by atoms with Crippen LogP contribution in [0.25, 0.3) is 0 Å². The fourth-order valence-corrected chi connectivity index (χ4v) is 4.14. The van der Waals surface area contributed by atoms with Crippen LogP contribution in [0, 0.1) is 0 Å². The lowest BCUT2D eigenvalue weighted by Crippen LogP contribution is -2.31. The molecular formula is C17H20ClNOS. The minimum atomic E-state index is 0.0395. The maximum absolute atomic E-state index is 6.37. The molecule has 0 amide bonds. The van der Waals surface area contributed by atoms with Crippen LogP contribution in [-0.2, 0) is 11.2 Å². The van der Waals surface area contributed by atoms with Crippen LogP contribution in [0.5, 0.6) is 0 Å². The average molecular weight is 322 g/mol. The standard InChI is InChI=1S/C17H20ClNOS/c1-2-9-19-15(17-14(18)8-11-21-17)16-13-6-4-3-5-12(13)7-10-20-16/h3-6,8,11,15-16,19H,2,7,9-10H2,1H3. The number of thiophene rings is 1. The van der Waals surface area contributed by atoms with Crippen LogP contribution in [-0.4, -0.2) is 13.2 Å². The summed E-state index contributed by atoms with van der Waals surface area (Å²) in [6.07, 6.45) is 2.12. The number of benzene rings is 1. The van der Waals surface area contributed by atoms with Gasteiger partial charge in [-0.15, -0.1) is 11.3 Å². The minimum Gasteiger partial charge on any atom is -0.371 e. The van der Waals surface area contributed by atoms with Crippen molar-refractivity contribution < 1.29 is 4.74 Å². The lowest BCUT2D eigenvalue weighted by atomic mass is 9.92. The van der Waals surface area contributed by atoms with Gasteiger partial charge in [0.05, 0.1) is 17.7 Å². The molecule has 0 bridgehead atoms. The van der Waals surface area contributed by atoms with Crippen LogP contribution in [0.2, 0.25) is 5.02 Å². The molecule has 2 aromatic rings. The van der Waals surface area contributed by atoms with Crippen molar-refractivity contribution in [1.29, 1.82) is 0 Å². The Morgan fingerprint density at radius 2 is 2.24 bits per heavy atom. The number of nitrogens with one attached hydrogen (secondary N) is 1. The first-order chi connectivity index (χ1) is 10.3. The van der Waals surface area contributed by atoms with Gasteiger partial charge in [-0.3, -0.25) is 0 Å². The van der Waals surface area contributed by atoms with Gasteiger partial charge < -0.3 is 10.1 Å². The largest absolute Gasteiger partial charge is 0.371 e. The smallest absolute Gasteiger partial charge is 0.103 e. The average Bonchev–Trinajstić information content (AvgIpc) is 2.94. The Balaban J connectivity index is 1.96. The lowest BCUT2D eigenvalue weighted by Gasteiger charge is -2.33. The highest BCUT2D eigenvalue weighted by molar-refractivity contribution is 7.10. The number of fused-ring (bicyclic) bond motifs is 1. The summed E-state index contributed by atoms with van der Waals surface area (Å²) in [4.78, 5) is 1.17. The molecule has 3 rings (SSSR count). The summed E-state index contributed by atoms with van der Waals surface area (Å²) < 4.78 is 6.13. The Kier molecular flexibility index (Phi) is 4.96. The molecule has 1 aliphatic rings. The van der Waals surface area contributed by atoms with E-state index in [0.29, 0.717) is 0 Å². The molecule has 2 atom stereocenters. The van der Waals surface area contributed by atoms with Crippen molar-refractivity contribution >= 4 is 22.9 Å². The molecule has 0 saturated carbocycles. The van der Waals surface area contributed by atoms with E-state index in [2.05, 4.69) is 36.5 Å². The second kappa shape index (κ2) is 6.93. The molecule has 0 saturated heterocycles. The van der Waals surface area contributed by atoms with Crippen molar-refractivity contribution in [2.24, 2.45) is 0 Å². The van der Waals surface area contributed by atoms with E-state index in [9.17, 15) is 0 Å². The monoisotopic (exact) mass is 321 g/mol. The first-order valence-electron chi connectivity index (χ1n) is 7.47. The molecule has 0 radical (unpaired) electrons. The molecule has 2 heterocycles. The summed E-state index contributed by atoms with van der Waals surface area (Å²) >= 11 is 8.08. The zero-order chi connectivity index (χ0) is 14.7. The fraction of sp³-hybridized carbons (Fsp3) is 0.412. The summed E-state index contributed by atoms with van der Waals surface area (Å²) in [5.41, 5.74) is 2.69. The summed E-state index contributed by atoms with van der Waals surface area (Å²) in [7, 11) is 0. The molecule has 1 aliphatic heterocycles. The van der Waals surface area contributed by atoms with Gasteiger partial charge in [0.15, 0.2) is 0 Å². The summed E-state index contributed by atoms with van der Waals surface area (Å²) in [6.45, 7) is 3.91. The predicted octanol–water partition coefficient (Wildman–Crippen LogP) is 4.76. The Labute approximate surface area is 135 Å². The topological polar surface area (TPSA) is 21.3 Å². The van der Waals surface area contributed by atoms with Crippen LogP contribution >= 0.6 is 22.9 Å². The van der Waals surface area contributed by atoms with E-state index >= 15 is 0 Å². The van der Waals surface area contributed by atoms with Crippen LogP contribution in [0.4, 0.5) is 0 Å². The van der Waals surface area contributed by atoms with Gasteiger partial charge in [-0.2, -0.15) is 0 Å². The molecule has 2 unspecified atom stereocenters. The van der Waals surface area contributed by atoms with Crippen molar-refractivity contribution in [3.63, 3.8) is 0 Å². The molecule has 112 valence electrons. The van der Waals surface area contributed by atoms with Crippen molar-refractivity contribution in [2.75, 3.05) is 13.2 Å². The van der Waals surface area contributed by atoms with Crippen LogP contribution in [0.3, 0.4) is 0 Å². The van der Waals surface area contributed by atoms with Crippen molar-refractivity contribution in [3.8, 4) is 0 Å². The van der Waals surface area contributed by atoms with Crippen LogP contribution in [0.15, 0.2) is 35.7 Å². The van der Waals surface area contributed by atoms with E-state index in [4.69, 9.17) is 16.3 Å². The van der Waals surface area contributed by atoms with E-state index in [0.717, 1.165) is 31.0 Å². The maximum Gasteiger partial charge on any atom is 0.103 e. The number of halogens is 1. The van der Waals surface area contributed by atoms with E-state index in [-0.39, 0.29) is 12.1 Å². The van der Waals surface area contributed by atoms with Gasteiger partial charge in [0.1, 0.15) is 6.10 Å². The zero-order valence-corrected chi connectivity index (χ0v) is 13.7. The molecule has 0 fully saturated rings. The molecule has 1 aromatic heterocycles. The van der Waals surface area contributed by atoms with Gasteiger partial charge in [-0.1, -0.05) is 42.8 Å². The van der Waals surface area contributed by atoms with Gasteiger partial charge in [0, 0.05) is 4.88 Å². The third-order valence-corrected chi connectivity index (χ3v) is 5.32. The number of hydrogen-bond acceptors (Lipinski definition) is 3. The highest BCUT2D eigenvalue weighted by Crippen LogP contribution is 2.41. The van der Waals surface area contributed by atoms with Gasteiger partial charge in [0.2, 0.25) is 0 Å². The van der Waals surface area contributed by atoms with Crippen molar-refractivity contribution in [2.45, 2.75) is 31.9 Å². The highest BCUT2D eigenvalue weighted by Gasteiger charge is 2.31. The van der Waals surface area contributed by atoms with Gasteiger partial charge in [0.25, 0.3) is 0 Å². The summed E-state index contributed by atoms with van der Waals surface area (Å²) in [6, 6.07) is 10.7. The maximum atomic E-state index is 6.37. The normalized spacial score (nSPS) is 19.2. The number of hydrogen-bond donors (Lipinski definition) is 1. The zero-order valence-electron chi connectivity index (χ0n) is 12.1. The predicted molar refractivity (Wildman–Crippen MR) is 89.2 cm³/mol. The highest BCUT2D eigenvalue weighted by atomic mass is 35.5. The second-order valence-corrected chi connectivity index (χ2v) is 6.66. The second-order valence-electron chi connectivity index (χ2n) is 5.30. The van der Waals surface area contributed by atoms with Crippen molar-refractivity contribution in [3.05, 3.63) is 56.7 Å². The summed E-state index contributed by atoms with van der Waals surface area (Å²) in [5, 5.41) is 6.51. The molecule has 2 nitrogen and oxygen atoms in total. The third-order valence-electron chi connectivity index (χ3n) is 3.87. The van der Waals surface area contributed by atoms with E-state index < -0.39 is 0 Å². The summed E-state index contributed by atoms with van der Waals surface area (Å²) in [5.74, 6) is 0. The van der Waals surface area contributed by atoms with E-state index in [1.54, 1.807) is 11.3 Å². The van der Waals surface area contributed by atoms with E-state index in [1.165, 1.54) is 16.0 Å². The Hall–Kier alpha value is -0.870. The Bertz CT molecular complexity index is 598. The SMILES string of the molecule is CCCNC(c1sccc1Cl)C1OCCc2ccccc21. The fourth-order valence-electron chi connectivity index (χ4n) is 2.87. The minimum absolute atomic E-state index is 0.0395. The quantitative estimate of drug-likeness (QED) is 0.857. The Morgan fingerprint density at radius 1 is 1.38 bits per heavy atom. The molecule has 21 heavy (non-hydrogen) atoms.